The zero-order valence-electron chi connectivity index (χ0n) is 14.3. The van der Waals surface area contributed by atoms with Crippen molar-refractivity contribution in [3.8, 4) is 0 Å². The number of benzene rings is 1. The van der Waals surface area contributed by atoms with Crippen molar-refractivity contribution in [2.45, 2.75) is 38.0 Å². The molecule has 0 radical (unpaired) electrons. The van der Waals surface area contributed by atoms with Crippen LogP contribution in [0.5, 0.6) is 0 Å². The highest BCUT2D eigenvalue weighted by atomic mass is 16.3. The van der Waals surface area contributed by atoms with Gasteiger partial charge in [-0.1, -0.05) is 50.3 Å². The van der Waals surface area contributed by atoms with Crippen LogP contribution in [0.4, 0.5) is 0 Å². The van der Waals surface area contributed by atoms with E-state index in [1.54, 1.807) is 30.3 Å². The van der Waals surface area contributed by atoms with Crippen molar-refractivity contribution in [3.05, 3.63) is 48.6 Å². The molecule has 3 atom stereocenters. The molecule has 2 unspecified atom stereocenters. The van der Waals surface area contributed by atoms with E-state index in [2.05, 4.69) is 17.2 Å². The zero-order valence-corrected chi connectivity index (χ0v) is 14.3. The minimum absolute atomic E-state index is 0.365. The molecule has 0 bridgehead atoms. The molecule has 0 aromatic heterocycles. The molecule has 136 valence electrons. The number of aliphatic hydroxyl groups excluding tert-OH is 1. The van der Waals surface area contributed by atoms with Gasteiger partial charge in [0.25, 0.3) is 5.91 Å². The number of hydrogen-bond acceptors (Lipinski definition) is 5. The molecule has 25 heavy (non-hydrogen) atoms. The van der Waals surface area contributed by atoms with Crippen molar-refractivity contribution >= 4 is 17.6 Å². The molecule has 0 heterocycles. The summed E-state index contributed by atoms with van der Waals surface area (Å²) in [5.74, 6) is -1.65. The number of carbonyl (C=O) groups excluding carboxylic acids is 3. The van der Waals surface area contributed by atoms with E-state index in [-0.39, 0.29) is 12.3 Å². The van der Waals surface area contributed by atoms with Crippen molar-refractivity contribution < 1.29 is 19.5 Å². The molecule has 0 aliphatic heterocycles. The average molecular weight is 347 g/mol. The van der Waals surface area contributed by atoms with E-state index >= 15 is 0 Å². The lowest BCUT2D eigenvalue weighted by molar-refractivity contribution is -0.133. The smallest absolute Gasteiger partial charge is 0.250 e. The first-order valence-corrected chi connectivity index (χ1v) is 8.12. The Labute approximate surface area is 147 Å². The molecule has 2 amide bonds. The summed E-state index contributed by atoms with van der Waals surface area (Å²) in [6.45, 7) is 4.95. The molecule has 1 aromatic carbocycles. The van der Waals surface area contributed by atoms with E-state index in [9.17, 15) is 19.5 Å². The maximum absolute atomic E-state index is 12.0. The highest BCUT2D eigenvalue weighted by Gasteiger charge is 2.24. The second-order valence-electron chi connectivity index (χ2n) is 5.63. The average Bonchev–Trinajstić information content (AvgIpc) is 2.63. The molecule has 1 rings (SSSR count). The molecule has 0 saturated heterocycles. The molecule has 0 aliphatic carbocycles. The van der Waals surface area contributed by atoms with Crippen LogP contribution in [0.2, 0.25) is 0 Å². The van der Waals surface area contributed by atoms with Gasteiger partial charge in [-0.05, 0) is 18.1 Å². The number of ketones is 1. The summed E-state index contributed by atoms with van der Waals surface area (Å²) in [5, 5.41) is 14.6. The summed E-state index contributed by atoms with van der Waals surface area (Å²) >= 11 is 0. The number of amides is 2. The molecule has 1 aromatic rings. The van der Waals surface area contributed by atoms with Crippen molar-refractivity contribution in [2.24, 2.45) is 5.73 Å². The van der Waals surface area contributed by atoms with Gasteiger partial charge in [-0.3, -0.25) is 14.4 Å². The largest absolute Gasteiger partial charge is 0.382 e. The lowest BCUT2D eigenvalue weighted by Gasteiger charge is -2.19. The van der Waals surface area contributed by atoms with Gasteiger partial charge in [-0.2, -0.15) is 0 Å². The van der Waals surface area contributed by atoms with Crippen LogP contribution in [0.25, 0.3) is 0 Å². The Balaban J connectivity index is 2.62. The van der Waals surface area contributed by atoms with Crippen LogP contribution in [0.3, 0.4) is 0 Å². The van der Waals surface area contributed by atoms with Gasteiger partial charge >= 0.3 is 0 Å². The first kappa shape index (κ1) is 20.5. The normalized spacial score (nSPS) is 14.0. The molecule has 7 nitrogen and oxygen atoms in total. The fourth-order valence-electron chi connectivity index (χ4n) is 2.25. The standard InChI is InChI=1S/C18H25N3O4/c1-3-8-13(19)17(24)18(25)20-11-15(23)21-16(14(22)4-2)12-9-6-5-7-10-12/h4-7,9-10,13,16-17,24H,2-3,8,11,19H2,1H3,(H,20,25)(H,21,23)/t13?,16-,17?/m0/s1. The molecule has 0 aliphatic rings. The van der Waals surface area contributed by atoms with Gasteiger partial charge in [0.2, 0.25) is 5.91 Å². The monoisotopic (exact) mass is 347 g/mol. The minimum atomic E-state index is -1.38. The molecule has 0 saturated carbocycles. The van der Waals surface area contributed by atoms with E-state index in [0.717, 1.165) is 12.5 Å². The number of rotatable bonds is 10. The molecule has 0 fully saturated rings. The van der Waals surface area contributed by atoms with Gasteiger partial charge in [0.15, 0.2) is 5.78 Å². The summed E-state index contributed by atoms with van der Waals surface area (Å²) in [6, 6.07) is 7.14. The summed E-state index contributed by atoms with van der Waals surface area (Å²) in [6.07, 6.45) is 0.968. The second kappa shape index (κ2) is 10.4. The van der Waals surface area contributed by atoms with Gasteiger partial charge < -0.3 is 21.5 Å². The zero-order chi connectivity index (χ0) is 18.8. The number of nitrogens with two attached hydrogens (primary N) is 1. The van der Waals surface area contributed by atoms with E-state index in [1.165, 1.54) is 0 Å². The molecule has 0 spiro atoms. The Morgan fingerprint density at radius 2 is 1.92 bits per heavy atom. The van der Waals surface area contributed by atoms with Crippen LogP contribution in [0.1, 0.15) is 31.4 Å². The predicted molar refractivity (Wildman–Crippen MR) is 94.4 cm³/mol. The first-order valence-electron chi connectivity index (χ1n) is 8.12. The summed E-state index contributed by atoms with van der Waals surface area (Å²) in [5.41, 5.74) is 6.29. The van der Waals surface area contributed by atoms with Crippen LogP contribution >= 0.6 is 0 Å². The third-order valence-corrected chi connectivity index (χ3v) is 3.64. The van der Waals surface area contributed by atoms with Gasteiger partial charge in [-0.15, -0.1) is 0 Å². The number of aliphatic hydroxyl groups is 1. The van der Waals surface area contributed by atoms with E-state index in [4.69, 9.17) is 5.73 Å². The Morgan fingerprint density at radius 1 is 1.28 bits per heavy atom. The fraction of sp³-hybridized carbons (Fsp3) is 0.389. The van der Waals surface area contributed by atoms with Crippen molar-refractivity contribution in [2.75, 3.05) is 6.54 Å². The van der Waals surface area contributed by atoms with Gasteiger partial charge in [0.05, 0.1) is 6.54 Å². The van der Waals surface area contributed by atoms with Crippen molar-refractivity contribution in [3.63, 3.8) is 0 Å². The second-order valence-corrected chi connectivity index (χ2v) is 5.63. The Hall–Kier alpha value is -2.51. The summed E-state index contributed by atoms with van der Waals surface area (Å²) < 4.78 is 0. The van der Waals surface area contributed by atoms with Crippen LogP contribution in [0.15, 0.2) is 43.0 Å². The lowest BCUT2D eigenvalue weighted by Crippen LogP contribution is -2.49. The van der Waals surface area contributed by atoms with Crippen molar-refractivity contribution in [1.82, 2.24) is 10.6 Å². The lowest BCUT2D eigenvalue weighted by atomic mass is 10.0. The topological polar surface area (TPSA) is 122 Å². The number of nitrogens with one attached hydrogen (secondary N) is 2. The molecule has 5 N–H and O–H groups in total. The van der Waals surface area contributed by atoms with Gasteiger partial charge in [0.1, 0.15) is 12.1 Å². The fourth-order valence-corrected chi connectivity index (χ4v) is 2.25. The van der Waals surface area contributed by atoms with E-state index < -0.39 is 30.0 Å². The SMILES string of the molecule is C=CC(=O)[C@@H](NC(=O)CNC(=O)C(O)C(N)CCC)c1ccccc1. The predicted octanol–water partition coefficient (Wildman–Crippen LogP) is 0.204. The Bertz CT molecular complexity index is 604. The maximum atomic E-state index is 12.0. The quantitative estimate of drug-likeness (QED) is 0.451. The van der Waals surface area contributed by atoms with Crippen LogP contribution in [0, 0.1) is 0 Å². The van der Waals surface area contributed by atoms with E-state index in [1.807, 2.05) is 6.92 Å². The number of hydrogen-bond donors (Lipinski definition) is 4. The van der Waals surface area contributed by atoms with Crippen LogP contribution in [-0.2, 0) is 14.4 Å². The summed E-state index contributed by atoms with van der Waals surface area (Å²) in [7, 11) is 0. The molecular formula is C18H25N3O4. The third kappa shape index (κ3) is 6.48. The molecular weight excluding hydrogens is 322 g/mol. The van der Waals surface area contributed by atoms with Crippen LogP contribution < -0.4 is 16.4 Å². The van der Waals surface area contributed by atoms with Crippen LogP contribution in [-0.4, -0.2) is 41.4 Å². The van der Waals surface area contributed by atoms with Gasteiger partial charge in [0, 0.05) is 6.04 Å². The minimum Gasteiger partial charge on any atom is -0.382 e. The van der Waals surface area contributed by atoms with Crippen molar-refractivity contribution in [1.29, 1.82) is 0 Å². The Kier molecular flexibility index (Phi) is 8.52. The third-order valence-electron chi connectivity index (χ3n) is 3.64. The highest BCUT2D eigenvalue weighted by molar-refractivity contribution is 5.98. The van der Waals surface area contributed by atoms with Gasteiger partial charge in [-0.25, -0.2) is 0 Å². The van der Waals surface area contributed by atoms with E-state index in [0.29, 0.717) is 12.0 Å². The number of carbonyl (C=O) groups is 3. The first-order chi connectivity index (χ1) is 11.9. The molecule has 7 heteroatoms. The summed E-state index contributed by atoms with van der Waals surface area (Å²) in [4.78, 5) is 35.8. The maximum Gasteiger partial charge on any atom is 0.250 e. The Morgan fingerprint density at radius 3 is 2.48 bits per heavy atom. The highest BCUT2D eigenvalue weighted by Crippen LogP contribution is 2.14.